The van der Waals surface area contributed by atoms with Crippen molar-refractivity contribution >= 4 is 28.3 Å². The quantitative estimate of drug-likeness (QED) is 0.556. The van der Waals surface area contributed by atoms with Gasteiger partial charge in [0.25, 0.3) is 0 Å². The Bertz CT molecular complexity index is 1250. The van der Waals surface area contributed by atoms with Crippen LogP contribution in [0.4, 0.5) is 15.9 Å². The molecule has 144 valence electrons. The summed E-state index contributed by atoms with van der Waals surface area (Å²) in [6.07, 6.45) is 4.16. The molecule has 1 atom stereocenters. The first-order valence-corrected chi connectivity index (χ1v) is 9.24. The minimum Gasteiger partial charge on any atom is -0.394 e. The van der Waals surface area contributed by atoms with Crippen molar-refractivity contribution in [2.24, 2.45) is 0 Å². The Hall–Kier alpha value is -3.81. The molecule has 2 aromatic heterocycles. The first-order chi connectivity index (χ1) is 14.1. The summed E-state index contributed by atoms with van der Waals surface area (Å²) in [5.41, 5.74) is 9.35. The zero-order valence-corrected chi connectivity index (χ0v) is 15.3. The number of rotatable bonds is 3. The molecule has 0 spiro atoms. The van der Waals surface area contributed by atoms with E-state index in [0.29, 0.717) is 41.3 Å². The summed E-state index contributed by atoms with van der Waals surface area (Å²) >= 11 is 0. The lowest BCUT2D eigenvalue weighted by atomic mass is 9.87. The number of anilines is 2. The van der Waals surface area contributed by atoms with Crippen LogP contribution < -0.4 is 11.1 Å². The highest BCUT2D eigenvalue weighted by Gasteiger charge is 2.26. The van der Waals surface area contributed by atoms with E-state index in [1.807, 2.05) is 24.3 Å². The van der Waals surface area contributed by atoms with Crippen molar-refractivity contribution in [1.29, 1.82) is 0 Å². The molecule has 0 saturated carbocycles. The monoisotopic (exact) mass is 388 g/mol. The fraction of sp³-hybridized carbons (Fsp3) is 0.143. The molecule has 5 rings (SSSR count). The molecule has 8 heteroatoms. The van der Waals surface area contributed by atoms with Crippen LogP contribution in [0, 0.1) is 5.82 Å². The van der Waals surface area contributed by atoms with E-state index in [2.05, 4.69) is 20.3 Å². The predicted molar refractivity (Wildman–Crippen MR) is 107 cm³/mol. The van der Waals surface area contributed by atoms with Gasteiger partial charge in [0.05, 0.1) is 29.0 Å². The van der Waals surface area contributed by atoms with Gasteiger partial charge in [-0.2, -0.15) is 4.98 Å². The second-order valence-corrected chi connectivity index (χ2v) is 6.97. The third-order valence-electron chi connectivity index (χ3n) is 5.14. The zero-order chi connectivity index (χ0) is 20.0. The van der Waals surface area contributed by atoms with Gasteiger partial charge in [-0.05, 0) is 24.1 Å². The number of carbonyl (C=O) groups excluding carboxylic acids is 1. The number of carbonyl (C=O) groups is 1. The molecule has 1 aliphatic carbocycles. The second-order valence-electron chi connectivity index (χ2n) is 6.97. The van der Waals surface area contributed by atoms with Gasteiger partial charge in [-0.1, -0.05) is 24.3 Å². The molecule has 1 aliphatic rings. The number of nitrogens with zero attached hydrogens (tertiary/aromatic N) is 4. The Labute approximate surface area is 165 Å². The number of nitrogen functional groups attached to an aromatic ring is 1. The van der Waals surface area contributed by atoms with Crippen LogP contribution in [0.2, 0.25) is 0 Å². The fourth-order valence-corrected chi connectivity index (χ4v) is 3.69. The molecule has 0 amide bonds. The number of hydrogen-bond donors (Lipinski definition) is 2. The molecule has 7 nitrogen and oxygen atoms in total. The van der Waals surface area contributed by atoms with Gasteiger partial charge in [-0.25, -0.2) is 14.4 Å². The highest BCUT2D eigenvalue weighted by Crippen LogP contribution is 2.33. The highest BCUT2D eigenvalue weighted by atomic mass is 19.1. The summed E-state index contributed by atoms with van der Waals surface area (Å²) in [5.74, 6) is 0.566. The Morgan fingerprint density at radius 3 is 2.93 bits per heavy atom. The molecular formula is C21H17FN6O. The van der Waals surface area contributed by atoms with Gasteiger partial charge < -0.3 is 11.1 Å². The second kappa shape index (κ2) is 6.66. The van der Waals surface area contributed by atoms with Crippen LogP contribution in [0.3, 0.4) is 0 Å². The standard InChI is InChI=1S/C21H17FN6O/c22-12-5-6-17-18(9-12)28(11-25-17)21-24-10-15(23)20(27-21)26-16-7-8-19(29)14-4-2-1-3-13(14)16/h1-6,9-11,16H,7-8,23H2,(H,24,26,27). The SMILES string of the molecule is Nc1cnc(-n2cnc3ccc(F)cc32)nc1NC1CCC(=O)c2ccccc21. The number of nitrogens with two attached hydrogens (primary N) is 1. The molecule has 4 aromatic rings. The third-order valence-corrected chi connectivity index (χ3v) is 5.14. The van der Waals surface area contributed by atoms with E-state index in [-0.39, 0.29) is 17.6 Å². The number of halogens is 1. The largest absolute Gasteiger partial charge is 0.394 e. The first-order valence-electron chi connectivity index (χ1n) is 9.24. The van der Waals surface area contributed by atoms with Crippen LogP contribution in [-0.4, -0.2) is 25.3 Å². The van der Waals surface area contributed by atoms with Gasteiger partial charge in [0.1, 0.15) is 12.1 Å². The van der Waals surface area contributed by atoms with Gasteiger partial charge in [0, 0.05) is 18.1 Å². The average Bonchev–Trinajstić information content (AvgIpc) is 3.15. The normalized spacial score (nSPS) is 16.0. The predicted octanol–water partition coefficient (Wildman–Crippen LogP) is 3.67. The molecule has 0 saturated heterocycles. The number of nitrogens with one attached hydrogen (secondary N) is 1. The minimum atomic E-state index is -0.364. The molecule has 1 unspecified atom stereocenters. The van der Waals surface area contributed by atoms with Crippen molar-refractivity contribution in [3.63, 3.8) is 0 Å². The number of fused-ring (bicyclic) bond motifs is 2. The fourth-order valence-electron chi connectivity index (χ4n) is 3.69. The van der Waals surface area contributed by atoms with Crippen LogP contribution in [0.25, 0.3) is 17.0 Å². The Balaban J connectivity index is 1.53. The first kappa shape index (κ1) is 17.3. The van der Waals surface area contributed by atoms with Crippen molar-refractivity contribution < 1.29 is 9.18 Å². The van der Waals surface area contributed by atoms with E-state index in [1.165, 1.54) is 18.3 Å². The smallest absolute Gasteiger partial charge is 0.237 e. The summed E-state index contributed by atoms with van der Waals surface area (Å²) in [5, 5.41) is 3.35. The lowest BCUT2D eigenvalue weighted by Gasteiger charge is -2.26. The van der Waals surface area contributed by atoms with Crippen LogP contribution in [0.15, 0.2) is 55.0 Å². The summed E-state index contributed by atoms with van der Waals surface area (Å²) in [7, 11) is 0. The van der Waals surface area contributed by atoms with Gasteiger partial charge in [-0.3, -0.25) is 9.36 Å². The molecule has 0 fully saturated rings. The highest BCUT2D eigenvalue weighted by molar-refractivity contribution is 5.99. The number of hydrogen-bond acceptors (Lipinski definition) is 6. The van der Waals surface area contributed by atoms with Crippen molar-refractivity contribution in [1.82, 2.24) is 19.5 Å². The van der Waals surface area contributed by atoms with Crippen LogP contribution in [0.1, 0.15) is 34.8 Å². The van der Waals surface area contributed by atoms with Crippen molar-refractivity contribution in [3.8, 4) is 5.95 Å². The third kappa shape index (κ3) is 2.98. The van der Waals surface area contributed by atoms with Crippen molar-refractivity contribution in [2.75, 3.05) is 11.1 Å². The summed E-state index contributed by atoms with van der Waals surface area (Å²) in [6.45, 7) is 0. The molecule has 29 heavy (non-hydrogen) atoms. The number of Topliss-reactive ketones (excluding diaryl/α,β-unsaturated/α-hetero) is 1. The van der Waals surface area contributed by atoms with E-state index in [0.717, 1.165) is 11.1 Å². The van der Waals surface area contributed by atoms with Crippen molar-refractivity contribution in [3.05, 3.63) is 71.9 Å². The molecule has 0 bridgehead atoms. The average molecular weight is 388 g/mol. The Kier molecular flexibility index (Phi) is 3.97. The molecule has 2 aromatic carbocycles. The maximum Gasteiger partial charge on any atom is 0.237 e. The maximum atomic E-state index is 13.7. The van der Waals surface area contributed by atoms with E-state index in [4.69, 9.17) is 5.73 Å². The van der Waals surface area contributed by atoms with Gasteiger partial charge in [0.2, 0.25) is 5.95 Å². The lowest BCUT2D eigenvalue weighted by molar-refractivity contribution is 0.0968. The van der Waals surface area contributed by atoms with Crippen LogP contribution in [0.5, 0.6) is 0 Å². The van der Waals surface area contributed by atoms with E-state index >= 15 is 0 Å². The topological polar surface area (TPSA) is 98.7 Å². The number of ketones is 1. The summed E-state index contributed by atoms with van der Waals surface area (Å²) < 4.78 is 15.3. The van der Waals surface area contributed by atoms with Gasteiger partial charge in [-0.15, -0.1) is 0 Å². The summed E-state index contributed by atoms with van der Waals surface area (Å²) in [4.78, 5) is 25.3. The van der Waals surface area contributed by atoms with E-state index < -0.39 is 0 Å². The molecular weight excluding hydrogens is 371 g/mol. The van der Waals surface area contributed by atoms with Crippen LogP contribution >= 0.6 is 0 Å². The van der Waals surface area contributed by atoms with Crippen LogP contribution in [-0.2, 0) is 0 Å². The van der Waals surface area contributed by atoms with E-state index in [9.17, 15) is 9.18 Å². The number of imidazole rings is 1. The zero-order valence-electron chi connectivity index (χ0n) is 15.3. The van der Waals surface area contributed by atoms with E-state index in [1.54, 1.807) is 17.0 Å². The van der Waals surface area contributed by atoms with Gasteiger partial charge in [0.15, 0.2) is 11.6 Å². The molecule has 3 N–H and O–H groups in total. The Morgan fingerprint density at radius 1 is 1.17 bits per heavy atom. The number of benzene rings is 2. The van der Waals surface area contributed by atoms with Gasteiger partial charge >= 0.3 is 0 Å². The lowest BCUT2D eigenvalue weighted by Crippen LogP contribution is -2.22. The van der Waals surface area contributed by atoms with Crippen molar-refractivity contribution in [2.45, 2.75) is 18.9 Å². The maximum absolute atomic E-state index is 13.7. The summed E-state index contributed by atoms with van der Waals surface area (Å²) in [6, 6.07) is 11.8. The minimum absolute atomic E-state index is 0.0917. The molecule has 2 heterocycles. The number of aromatic nitrogens is 4. The molecule has 0 radical (unpaired) electrons. The Morgan fingerprint density at radius 2 is 2.03 bits per heavy atom. The molecule has 0 aliphatic heterocycles.